The van der Waals surface area contributed by atoms with Crippen molar-refractivity contribution in [1.82, 2.24) is 10.3 Å². The molecule has 0 fully saturated rings. The van der Waals surface area contributed by atoms with Crippen LogP contribution in [0.2, 0.25) is 0 Å². The molecule has 1 atom stereocenters. The number of furan rings is 1. The summed E-state index contributed by atoms with van der Waals surface area (Å²) >= 11 is 0. The Labute approximate surface area is 259 Å². The molecule has 0 spiro atoms. The lowest BCUT2D eigenvalue weighted by Gasteiger charge is -2.24. The lowest BCUT2D eigenvalue weighted by atomic mass is 9.91. The second-order valence-electron chi connectivity index (χ2n) is 11.3. The van der Waals surface area contributed by atoms with Crippen molar-refractivity contribution in [3.63, 3.8) is 0 Å². The first-order valence-corrected chi connectivity index (χ1v) is 15.0. The van der Waals surface area contributed by atoms with E-state index < -0.39 is 0 Å². The molecule has 0 bridgehead atoms. The normalized spacial score (nSPS) is 14.9. The highest BCUT2D eigenvalue weighted by atomic mass is 16.3. The lowest BCUT2D eigenvalue weighted by Crippen LogP contribution is -2.33. The van der Waals surface area contributed by atoms with Crippen LogP contribution in [0.25, 0.3) is 54.6 Å². The predicted octanol–water partition coefficient (Wildman–Crippen LogP) is 9.45. The van der Waals surface area contributed by atoms with Crippen LogP contribution >= 0.6 is 0 Å². The van der Waals surface area contributed by atoms with Crippen LogP contribution in [0.15, 0.2) is 160 Å². The number of pyridine rings is 1. The zero-order valence-electron chi connectivity index (χ0n) is 24.2. The number of hydrogen-bond donors (Lipinski definition) is 1. The molecule has 0 saturated heterocycles. The third kappa shape index (κ3) is 4.28. The van der Waals surface area contributed by atoms with Gasteiger partial charge in [0.25, 0.3) is 0 Å². The fourth-order valence-electron chi connectivity index (χ4n) is 6.50. The van der Waals surface area contributed by atoms with Crippen LogP contribution in [-0.4, -0.2) is 16.7 Å². The molecule has 0 radical (unpaired) electrons. The molecule has 8 aromatic rings. The van der Waals surface area contributed by atoms with Crippen LogP contribution in [0.1, 0.15) is 22.9 Å². The van der Waals surface area contributed by atoms with Crippen LogP contribution in [0, 0.1) is 0 Å². The molecule has 212 valence electrons. The summed E-state index contributed by atoms with van der Waals surface area (Å²) in [6.45, 7) is 0. The van der Waals surface area contributed by atoms with E-state index >= 15 is 0 Å². The summed E-state index contributed by atoms with van der Waals surface area (Å²) in [6, 6.07) is 46.3. The maximum absolute atomic E-state index is 6.49. The minimum Gasteiger partial charge on any atom is -0.454 e. The van der Waals surface area contributed by atoms with Gasteiger partial charge in [0, 0.05) is 28.1 Å². The Hall–Kier alpha value is -6.07. The Morgan fingerprint density at radius 3 is 2.16 bits per heavy atom. The summed E-state index contributed by atoms with van der Waals surface area (Å²) in [6.07, 6.45) is 3.28. The Kier molecular flexibility index (Phi) is 5.81. The van der Waals surface area contributed by atoms with Crippen molar-refractivity contribution >= 4 is 55.2 Å². The van der Waals surface area contributed by atoms with Crippen molar-refractivity contribution in [2.24, 2.45) is 9.98 Å². The number of fused-ring (bicyclic) bond motifs is 6. The molecule has 45 heavy (non-hydrogen) atoms. The van der Waals surface area contributed by atoms with Crippen molar-refractivity contribution in [2.75, 3.05) is 0 Å². The van der Waals surface area contributed by atoms with Crippen LogP contribution in [0.5, 0.6) is 0 Å². The minimum absolute atomic E-state index is 0.311. The molecule has 6 aromatic carbocycles. The van der Waals surface area contributed by atoms with E-state index in [-0.39, 0.29) is 6.17 Å². The maximum atomic E-state index is 6.49. The van der Waals surface area contributed by atoms with Gasteiger partial charge in [0.2, 0.25) is 0 Å². The van der Waals surface area contributed by atoms with Gasteiger partial charge in [-0.15, -0.1) is 0 Å². The second-order valence-corrected chi connectivity index (χ2v) is 11.3. The van der Waals surface area contributed by atoms with Gasteiger partial charge in [0.1, 0.15) is 17.6 Å². The van der Waals surface area contributed by atoms with Gasteiger partial charge in [0.05, 0.1) is 6.20 Å². The van der Waals surface area contributed by atoms with Gasteiger partial charge in [0.15, 0.2) is 11.4 Å². The highest BCUT2D eigenvalue weighted by molar-refractivity contribution is 6.23. The molecule has 0 amide bonds. The topological polar surface area (TPSA) is 62.8 Å². The highest BCUT2D eigenvalue weighted by Crippen LogP contribution is 2.40. The molecule has 5 nitrogen and oxygen atoms in total. The van der Waals surface area contributed by atoms with Crippen molar-refractivity contribution in [2.45, 2.75) is 6.17 Å². The van der Waals surface area contributed by atoms with Gasteiger partial charge in [-0.3, -0.25) is 4.98 Å². The van der Waals surface area contributed by atoms with Crippen LogP contribution in [0.3, 0.4) is 0 Å². The summed E-state index contributed by atoms with van der Waals surface area (Å²) in [7, 11) is 0. The summed E-state index contributed by atoms with van der Waals surface area (Å²) in [4.78, 5) is 14.6. The summed E-state index contributed by atoms with van der Waals surface area (Å²) < 4.78 is 6.49. The van der Waals surface area contributed by atoms with E-state index in [0.717, 1.165) is 55.6 Å². The van der Waals surface area contributed by atoms with Gasteiger partial charge in [-0.05, 0) is 62.5 Å². The average molecular weight is 579 g/mol. The highest BCUT2D eigenvalue weighted by Gasteiger charge is 2.25. The number of nitrogens with zero attached hydrogens (tertiary/aromatic N) is 3. The quantitative estimate of drug-likeness (QED) is 0.212. The molecular formula is C40H26N4O. The van der Waals surface area contributed by atoms with E-state index in [2.05, 4.69) is 101 Å². The molecule has 1 aliphatic heterocycles. The van der Waals surface area contributed by atoms with Crippen LogP contribution in [0.4, 0.5) is 0 Å². The molecule has 3 heterocycles. The molecule has 9 rings (SSSR count). The summed E-state index contributed by atoms with van der Waals surface area (Å²) in [5, 5.41) is 10.5. The number of nitrogens with one attached hydrogen (secondary N) is 1. The minimum atomic E-state index is -0.311. The van der Waals surface area contributed by atoms with Gasteiger partial charge < -0.3 is 9.73 Å². The smallest absolute Gasteiger partial charge is 0.159 e. The number of benzene rings is 6. The fourth-order valence-corrected chi connectivity index (χ4v) is 6.50. The number of hydrogen-bond acceptors (Lipinski definition) is 5. The number of rotatable bonds is 4. The third-order valence-corrected chi connectivity index (χ3v) is 8.60. The Bertz CT molecular complexity index is 2460. The molecule has 0 saturated carbocycles. The first kappa shape index (κ1) is 25.4. The van der Waals surface area contributed by atoms with Crippen molar-refractivity contribution in [3.8, 4) is 11.1 Å². The van der Waals surface area contributed by atoms with Crippen molar-refractivity contribution < 1.29 is 4.42 Å². The molecular weight excluding hydrogens is 552 g/mol. The van der Waals surface area contributed by atoms with Crippen LogP contribution < -0.4 is 5.32 Å². The fraction of sp³-hybridized carbons (Fsp3) is 0.0250. The largest absolute Gasteiger partial charge is 0.454 e. The first-order chi connectivity index (χ1) is 22.3. The molecule has 1 aliphatic rings. The monoisotopic (exact) mass is 578 g/mol. The Morgan fingerprint density at radius 2 is 1.31 bits per heavy atom. The van der Waals surface area contributed by atoms with E-state index in [4.69, 9.17) is 14.4 Å². The SMILES string of the molecule is c1ccc(C2=NC(c3ccccc3)NC(c3cc(-c4cc5ccccc5c5ccccc45)cc4oc5cnccc5c34)=N2)cc1. The molecule has 0 aliphatic carbocycles. The maximum Gasteiger partial charge on any atom is 0.159 e. The molecule has 1 N–H and O–H groups in total. The van der Waals surface area contributed by atoms with Gasteiger partial charge in [-0.25, -0.2) is 9.98 Å². The third-order valence-electron chi connectivity index (χ3n) is 8.60. The Balaban J connectivity index is 1.33. The zero-order chi connectivity index (χ0) is 29.7. The van der Waals surface area contributed by atoms with E-state index in [0.29, 0.717) is 5.84 Å². The molecule has 1 unspecified atom stereocenters. The number of aromatic nitrogens is 1. The summed E-state index contributed by atoms with van der Waals surface area (Å²) in [5.74, 6) is 1.43. The summed E-state index contributed by atoms with van der Waals surface area (Å²) in [5.41, 5.74) is 6.69. The van der Waals surface area contributed by atoms with E-state index in [1.165, 1.54) is 21.5 Å². The zero-order valence-corrected chi connectivity index (χ0v) is 24.2. The second kappa shape index (κ2) is 10.3. The molecule has 5 heteroatoms. The number of amidine groups is 2. The van der Waals surface area contributed by atoms with Gasteiger partial charge in [-0.1, -0.05) is 109 Å². The van der Waals surface area contributed by atoms with E-state index in [1.54, 1.807) is 6.20 Å². The van der Waals surface area contributed by atoms with Crippen LogP contribution in [-0.2, 0) is 0 Å². The predicted molar refractivity (Wildman–Crippen MR) is 184 cm³/mol. The van der Waals surface area contributed by atoms with Crippen molar-refractivity contribution in [1.29, 1.82) is 0 Å². The van der Waals surface area contributed by atoms with Gasteiger partial charge >= 0.3 is 0 Å². The van der Waals surface area contributed by atoms with E-state index in [9.17, 15) is 0 Å². The lowest BCUT2D eigenvalue weighted by molar-refractivity contribution is 0.666. The standard InChI is InChI=1S/C40H26N4O/c1-3-11-25(12-4-1)38-42-39(26-13-5-2-6-14-26)44-40(43-38)34-22-28(23-35-37(34)32-19-20-41-24-36(32)45-35)33-21-27-15-7-8-16-29(27)30-17-9-10-18-31(30)33/h1-24,38H,(H,42,43,44). The first-order valence-electron chi connectivity index (χ1n) is 15.0. The Morgan fingerprint density at radius 1 is 0.578 bits per heavy atom. The van der Waals surface area contributed by atoms with Gasteiger partial charge in [-0.2, -0.15) is 0 Å². The average Bonchev–Trinajstić information content (AvgIpc) is 3.50. The van der Waals surface area contributed by atoms with Crippen molar-refractivity contribution in [3.05, 3.63) is 163 Å². The number of aliphatic imine (C=N–C) groups is 2. The van der Waals surface area contributed by atoms with E-state index in [1.807, 2.05) is 48.7 Å². The molecule has 2 aromatic heterocycles.